The number of aliphatic hydroxyl groups excluding tert-OH is 1. The van der Waals surface area contributed by atoms with Crippen molar-refractivity contribution in [1.29, 1.82) is 0 Å². The molecule has 192 valence electrons. The minimum absolute atomic E-state index is 0.0480. The van der Waals surface area contributed by atoms with Crippen LogP contribution in [-0.4, -0.2) is 61.8 Å². The topological polar surface area (TPSA) is 110 Å². The second kappa shape index (κ2) is 12.0. The van der Waals surface area contributed by atoms with Gasteiger partial charge in [0.2, 0.25) is 0 Å². The maximum Gasteiger partial charge on any atom is 0.251 e. The van der Waals surface area contributed by atoms with Crippen molar-refractivity contribution < 1.29 is 38.0 Å². The van der Waals surface area contributed by atoms with Gasteiger partial charge in [-0.25, -0.2) is 13.8 Å². The molecule has 0 aliphatic rings. The number of methoxy groups -OCH3 is 2. The highest BCUT2D eigenvalue weighted by Crippen LogP contribution is 2.33. The molecule has 0 saturated carbocycles. The number of pyridine rings is 1. The molecular formula is C25H25ClF2N2O6. The van der Waals surface area contributed by atoms with Gasteiger partial charge in [-0.05, 0) is 48.5 Å². The number of aliphatic hydroxyl groups is 2. The van der Waals surface area contributed by atoms with Gasteiger partial charge in [0.15, 0.2) is 17.1 Å². The largest absolute Gasteiger partial charge is 0.494 e. The number of halogens is 3. The van der Waals surface area contributed by atoms with Gasteiger partial charge in [-0.3, -0.25) is 4.79 Å². The number of hydrogen-bond acceptors (Lipinski definition) is 7. The SMILES string of the molecule is COc1cc(C(=O)NCC(O)(CF)c2ccc(OC)c(-c3ccc(F)c(Cl)c3)n2)ccc1OCCO. The van der Waals surface area contributed by atoms with E-state index < -0.39 is 30.5 Å². The van der Waals surface area contributed by atoms with Crippen molar-refractivity contribution in [3.8, 4) is 28.5 Å². The van der Waals surface area contributed by atoms with Gasteiger partial charge >= 0.3 is 0 Å². The highest BCUT2D eigenvalue weighted by Gasteiger charge is 2.33. The molecule has 36 heavy (non-hydrogen) atoms. The van der Waals surface area contributed by atoms with Gasteiger partial charge in [-0.15, -0.1) is 0 Å². The second-order valence-electron chi connectivity index (χ2n) is 7.66. The molecular weight excluding hydrogens is 498 g/mol. The number of rotatable bonds is 11. The Hall–Kier alpha value is -3.47. The third-order valence-corrected chi connectivity index (χ3v) is 5.57. The van der Waals surface area contributed by atoms with Crippen LogP contribution < -0.4 is 19.5 Å². The van der Waals surface area contributed by atoms with Crippen LogP contribution in [-0.2, 0) is 5.60 Å². The van der Waals surface area contributed by atoms with E-state index in [1.54, 1.807) is 0 Å². The number of hydrogen-bond donors (Lipinski definition) is 3. The third kappa shape index (κ3) is 6.01. The van der Waals surface area contributed by atoms with Gasteiger partial charge in [0, 0.05) is 11.1 Å². The Morgan fingerprint density at radius 1 is 1.08 bits per heavy atom. The van der Waals surface area contributed by atoms with Crippen LogP contribution in [0.5, 0.6) is 17.2 Å². The van der Waals surface area contributed by atoms with E-state index in [0.29, 0.717) is 17.1 Å². The van der Waals surface area contributed by atoms with Crippen LogP contribution in [0.1, 0.15) is 16.1 Å². The van der Waals surface area contributed by atoms with E-state index in [0.717, 1.165) is 6.07 Å². The van der Waals surface area contributed by atoms with E-state index in [-0.39, 0.29) is 40.9 Å². The minimum atomic E-state index is -2.17. The Bertz CT molecular complexity index is 1230. The zero-order chi connectivity index (χ0) is 26.3. The molecule has 0 aliphatic heterocycles. The van der Waals surface area contributed by atoms with E-state index in [1.807, 2.05) is 0 Å². The van der Waals surface area contributed by atoms with Crippen LogP contribution in [0.25, 0.3) is 11.3 Å². The standard InChI is InChI=1S/C25H25ClF2N2O6/c1-34-20-7-8-22(30-23(20)15-3-5-18(28)17(26)11-15)25(33,13-27)14-29-24(32)16-4-6-19(36-10-9-31)21(12-16)35-2/h3-8,11-12,31,33H,9-10,13-14H2,1-2H3,(H,29,32). The van der Waals surface area contributed by atoms with Crippen molar-refractivity contribution in [2.45, 2.75) is 5.60 Å². The Kier molecular flexibility index (Phi) is 9.03. The van der Waals surface area contributed by atoms with Crippen LogP contribution in [0.3, 0.4) is 0 Å². The van der Waals surface area contributed by atoms with Gasteiger partial charge in [-0.2, -0.15) is 0 Å². The normalized spacial score (nSPS) is 12.5. The van der Waals surface area contributed by atoms with Gasteiger partial charge in [0.25, 0.3) is 5.91 Å². The lowest BCUT2D eigenvalue weighted by molar-refractivity contribution is 0.00805. The molecule has 0 aliphatic carbocycles. The molecule has 2 aromatic carbocycles. The third-order valence-electron chi connectivity index (χ3n) is 5.29. The van der Waals surface area contributed by atoms with Crippen molar-refractivity contribution in [2.75, 3.05) is 40.7 Å². The minimum Gasteiger partial charge on any atom is -0.494 e. The number of amides is 1. The zero-order valence-electron chi connectivity index (χ0n) is 19.6. The summed E-state index contributed by atoms with van der Waals surface area (Å²) in [6, 6.07) is 11.1. The number of alkyl halides is 1. The second-order valence-corrected chi connectivity index (χ2v) is 8.07. The van der Waals surface area contributed by atoms with Crippen molar-refractivity contribution >= 4 is 17.5 Å². The summed E-state index contributed by atoms with van der Waals surface area (Å²) in [4.78, 5) is 17.1. The lowest BCUT2D eigenvalue weighted by Crippen LogP contribution is -2.43. The summed E-state index contributed by atoms with van der Waals surface area (Å²) in [5, 5.41) is 22.3. The molecule has 8 nitrogen and oxygen atoms in total. The summed E-state index contributed by atoms with van der Waals surface area (Å²) in [5.74, 6) is -0.339. The summed E-state index contributed by atoms with van der Waals surface area (Å²) < 4.78 is 43.6. The molecule has 1 aromatic heterocycles. The lowest BCUT2D eigenvalue weighted by atomic mass is 9.99. The van der Waals surface area contributed by atoms with Crippen molar-refractivity contribution in [3.63, 3.8) is 0 Å². The molecule has 0 bridgehead atoms. The number of ether oxygens (including phenoxy) is 3. The van der Waals surface area contributed by atoms with Gasteiger partial charge < -0.3 is 29.7 Å². The average Bonchev–Trinajstić information content (AvgIpc) is 2.91. The Morgan fingerprint density at radius 2 is 1.81 bits per heavy atom. The summed E-state index contributed by atoms with van der Waals surface area (Å²) >= 11 is 5.89. The van der Waals surface area contributed by atoms with Gasteiger partial charge in [-0.1, -0.05) is 11.6 Å². The summed E-state index contributed by atoms with van der Waals surface area (Å²) in [7, 11) is 2.80. The molecule has 0 fully saturated rings. The van der Waals surface area contributed by atoms with Gasteiger partial charge in [0.1, 0.15) is 30.5 Å². The van der Waals surface area contributed by atoms with Crippen LogP contribution in [0, 0.1) is 5.82 Å². The zero-order valence-corrected chi connectivity index (χ0v) is 20.3. The first-order valence-electron chi connectivity index (χ1n) is 10.8. The number of aromatic nitrogens is 1. The fourth-order valence-electron chi connectivity index (χ4n) is 3.34. The van der Waals surface area contributed by atoms with E-state index in [4.69, 9.17) is 30.9 Å². The highest BCUT2D eigenvalue weighted by molar-refractivity contribution is 6.31. The molecule has 1 unspecified atom stereocenters. The lowest BCUT2D eigenvalue weighted by Gasteiger charge is -2.26. The first-order chi connectivity index (χ1) is 17.3. The number of nitrogens with zero attached hydrogens (tertiary/aromatic N) is 1. The van der Waals surface area contributed by atoms with Gasteiger partial charge in [0.05, 0.1) is 38.1 Å². The highest BCUT2D eigenvalue weighted by atomic mass is 35.5. The quantitative estimate of drug-likeness (QED) is 0.353. The Balaban J connectivity index is 1.84. The summed E-state index contributed by atoms with van der Waals surface area (Å²) in [5.41, 5.74) is -1.48. The summed E-state index contributed by atoms with van der Waals surface area (Å²) in [6.45, 7) is -1.90. The average molecular weight is 523 g/mol. The molecule has 3 N–H and O–H groups in total. The molecule has 0 saturated heterocycles. The van der Waals surface area contributed by atoms with Crippen molar-refractivity contribution in [3.05, 3.63) is 70.6 Å². The Labute approximate surface area is 211 Å². The number of nitrogens with one attached hydrogen (secondary N) is 1. The van der Waals surface area contributed by atoms with Crippen LogP contribution >= 0.6 is 11.6 Å². The molecule has 0 spiro atoms. The van der Waals surface area contributed by atoms with E-state index >= 15 is 0 Å². The monoisotopic (exact) mass is 522 g/mol. The number of carbonyl (C=O) groups excluding carboxylic acids is 1. The maximum atomic E-state index is 14.1. The molecule has 1 amide bonds. The first kappa shape index (κ1) is 27.1. The number of benzene rings is 2. The fourth-order valence-corrected chi connectivity index (χ4v) is 3.52. The Morgan fingerprint density at radius 3 is 2.44 bits per heavy atom. The predicted octanol–water partition coefficient (Wildman–Crippen LogP) is 3.52. The molecule has 1 atom stereocenters. The van der Waals surface area contributed by atoms with Crippen LogP contribution in [0.15, 0.2) is 48.5 Å². The first-order valence-corrected chi connectivity index (χ1v) is 11.1. The maximum absolute atomic E-state index is 14.1. The van der Waals surface area contributed by atoms with E-state index in [2.05, 4.69) is 10.3 Å². The molecule has 1 heterocycles. The van der Waals surface area contributed by atoms with Crippen molar-refractivity contribution in [1.82, 2.24) is 10.3 Å². The van der Waals surface area contributed by atoms with E-state index in [1.165, 1.54) is 56.7 Å². The molecule has 11 heteroatoms. The van der Waals surface area contributed by atoms with Crippen LogP contribution in [0.2, 0.25) is 5.02 Å². The van der Waals surface area contributed by atoms with E-state index in [9.17, 15) is 18.7 Å². The predicted molar refractivity (Wildman–Crippen MR) is 129 cm³/mol. The molecule has 3 aromatic rings. The summed E-state index contributed by atoms with van der Waals surface area (Å²) in [6.07, 6.45) is 0. The molecule has 0 radical (unpaired) electrons. The van der Waals surface area contributed by atoms with Crippen molar-refractivity contribution in [2.24, 2.45) is 0 Å². The smallest absolute Gasteiger partial charge is 0.251 e. The fraction of sp³-hybridized carbons (Fsp3) is 0.280. The molecule has 3 rings (SSSR count). The van der Waals surface area contributed by atoms with Crippen LogP contribution in [0.4, 0.5) is 8.78 Å². The number of carbonyl (C=O) groups is 1.